The van der Waals surface area contributed by atoms with Gasteiger partial charge in [0.25, 0.3) is 0 Å². The van der Waals surface area contributed by atoms with E-state index in [1.54, 1.807) is 6.92 Å². The van der Waals surface area contributed by atoms with E-state index in [9.17, 15) is 4.79 Å². The minimum Gasteiger partial charge on any atom is -0.462 e. The number of benzene rings is 1. The van der Waals surface area contributed by atoms with Crippen LogP contribution in [0, 0.1) is 13.8 Å². The van der Waals surface area contributed by atoms with Crippen molar-refractivity contribution < 1.29 is 9.53 Å². The van der Waals surface area contributed by atoms with Crippen molar-refractivity contribution in [3.8, 4) is 0 Å². The summed E-state index contributed by atoms with van der Waals surface area (Å²) in [5.74, 6) is -0.153. The molecule has 0 saturated carbocycles. The molecule has 1 aromatic heterocycles. The van der Waals surface area contributed by atoms with Crippen molar-refractivity contribution in [1.82, 2.24) is 9.97 Å². The molecule has 0 spiro atoms. The molecule has 0 unspecified atom stereocenters. The molecule has 6 heteroatoms. The van der Waals surface area contributed by atoms with Gasteiger partial charge in [-0.25, -0.2) is 9.78 Å². The van der Waals surface area contributed by atoms with Crippen LogP contribution in [0.5, 0.6) is 0 Å². The molecule has 0 atom stereocenters. The predicted molar refractivity (Wildman–Crippen MR) is 82.2 cm³/mol. The monoisotopic (exact) mass is 305 g/mol. The van der Waals surface area contributed by atoms with Gasteiger partial charge in [0, 0.05) is 11.9 Å². The average Bonchev–Trinajstić information content (AvgIpc) is 2.37. The second kappa shape index (κ2) is 6.54. The first-order valence-corrected chi connectivity index (χ1v) is 6.92. The Morgan fingerprint density at radius 2 is 1.95 bits per heavy atom. The highest BCUT2D eigenvalue weighted by Gasteiger charge is 2.16. The van der Waals surface area contributed by atoms with E-state index in [0.29, 0.717) is 5.82 Å². The molecule has 0 fully saturated rings. The van der Waals surface area contributed by atoms with Gasteiger partial charge in [-0.2, -0.15) is 4.98 Å². The van der Waals surface area contributed by atoms with Crippen LogP contribution in [0.4, 0.5) is 11.5 Å². The zero-order valence-electron chi connectivity index (χ0n) is 12.1. The van der Waals surface area contributed by atoms with Crippen molar-refractivity contribution in [2.24, 2.45) is 0 Å². The van der Waals surface area contributed by atoms with Gasteiger partial charge in [-0.15, -0.1) is 0 Å². The van der Waals surface area contributed by atoms with E-state index < -0.39 is 5.97 Å². The second-order valence-corrected chi connectivity index (χ2v) is 4.96. The SMILES string of the molecule is CCOC(=O)c1cnc(Cl)nc1Nc1cc(C)cc(C)c1. The molecular weight excluding hydrogens is 290 g/mol. The molecule has 0 amide bonds. The minimum atomic E-state index is -0.485. The molecule has 0 radical (unpaired) electrons. The summed E-state index contributed by atoms with van der Waals surface area (Å²) in [6.07, 6.45) is 1.36. The van der Waals surface area contributed by atoms with Gasteiger partial charge in [-0.1, -0.05) is 6.07 Å². The Kier molecular flexibility index (Phi) is 4.75. The van der Waals surface area contributed by atoms with Crippen LogP contribution >= 0.6 is 11.6 Å². The van der Waals surface area contributed by atoms with Crippen molar-refractivity contribution in [3.63, 3.8) is 0 Å². The first-order valence-electron chi connectivity index (χ1n) is 6.54. The minimum absolute atomic E-state index is 0.0647. The molecule has 0 aliphatic rings. The Balaban J connectivity index is 2.38. The molecule has 0 saturated heterocycles. The Morgan fingerprint density at radius 3 is 2.57 bits per heavy atom. The van der Waals surface area contributed by atoms with Crippen LogP contribution in [0.3, 0.4) is 0 Å². The molecule has 1 heterocycles. The number of anilines is 2. The number of hydrogen-bond donors (Lipinski definition) is 1. The summed E-state index contributed by atoms with van der Waals surface area (Å²) in [4.78, 5) is 19.8. The van der Waals surface area contributed by atoms with E-state index in [2.05, 4.69) is 21.4 Å². The number of hydrogen-bond acceptors (Lipinski definition) is 5. The van der Waals surface area contributed by atoms with Gasteiger partial charge in [0.2, 0.25) is 5.28 Å². The quantitative estimate of drug-likeness (QED) is 0.689. The Hall–Kier alpha value is -2.14. The van der Waals surface area contributed by atoms with Crippen LogP contribution in [0.25, 0.3) is 0 Å². The molecule has 0 bridgehead atoms. The number of ether oxygens (including phenoxy) is 1. The highest BCUT2D eigenvalue weighted by atomic mass is 35.5. The van der Waals surface area contributed by atoms with Crippen LogP contribution in [-0.2, 0) is 4.74 Å². The lowest BCUT2D eigenvalue weighted by Crippen LogP contribution is -2.10. The zero-order valence-corrected chi connectivity index (χ0v) is 12.9. The molecule has 0 aliphatic heterocycles. The molecule has 1 aromatic carbocycles. The van der Waals surface area contributed by atoms with E-state index in [1.165, 1.54) is 6.20 Å². The fraction of sp³-hybridized carbons (Fsp3) is 0.267. The maximum absolute atomic E-state index is 11.9. The number of rotatable bonds is 4. The number of nitrogens with zero attached hydrogens (tertiary/aromatic N) is 2. The van der Waals surface area contributed by atoms with Crippen molar-refractivity contribution in [1.29, 1.82) is 0 Å². The number of halogens is 1. The zero-order chi connectivity index (χ0) is 15.4. The average molecular weight is 306 g/mol. The van der Waals surface area contributed by atoms with Crippen LogP contribution in [0.15, 0.2) is 24.4 Å². The van der Waals surface area contributed by atoms with Crippen LogP contribution in [-0.4, -0.2) is 22.5 Å². The largest absolute Gasteiger partial charge is 0.462 e. The van der Waals surface area contributed by atoms with Gasteiger partial charge in [-0.3, -0.25) is 0 Å². The van der Waals surface area contributed by atoms with Crippen molar-refractivity contribution in [3.05, 3.63) is 46.4 Å². The number of aryl methyl sites for hydroxylation is 2. The van der Waals surface area contributed by atoms with Gasteiger partial charge < -0.3 is 10.1 Å². The van der Waals surface area contributed by atoms with Crippen molar-refractivity contribution in [2.75, 3.05) is 11.9 Å². The number of aromatic nitrogens is 2. The van der Waals surface area contributed by atoms with E-state index in [1.807, 2.05) is 26.0 Å². The summed E-state index contributed by atoms with van der Waals surface area (Å²) < 4.78 is 4.99. The maximum Gasteiger partial charge on any atom is 0.343 e. The van der Waals surface area contributed by atoms with Crippen molar-refractivity contribution in [2.45, 2.75) is 20.8 Å². The van der Waals surface area contributed by atoms with Crippen LogP contribution in [0.2, 0.25) is 5.28 Å². The van der Waals surface area contributed by atoms with Gasteiger partial charge in [0.1, 0.15) is 11.4 Å². The number of esters is 1. The third kappa shape index (κ3) is 3.92. The highest BCUT2D eigenvalue weighted by Crippen LogP contribution is 2.22. The molecule has 2 aromatic rings. The Labute approximate surface area is 128 Å². The normalized spacial score (nSPS) is 10.3. The summed E-state index contributed by atoms with van der Waals surface area (Å²) in [5.41, 5.74) is 3.29. The molecule has 0 aliphatic carbocycles. The summed E-state index contributed by atoms with van der Waals surface area (Å²) in [5, 5.41) is 3.16. The fourth-order valence-electron chi connectivity index (χ4n) is 2.00. The standard InChI is InChI=1S/C15H16ClN3O2/c1-4-21-14(20)12-8-17-15(16)19-13(12)18-11-6-9(2)5-10(3)7-11/h5-8H,4H2,1-3H3,(H,17,18,19). The van der Waals surface area contributed by atoms with Crippen molar-refractivity contribution >= 4 is 29.1 Å². The number of nitrogens with one attached hydrogen (secondary N) is 1. The Bertz CT molecular complexity index is 654. The molecule has 21 heavy (non-hydrogen) atoms. The maximum atomic E-state index is 11.9. The van der Waals surface area contributed by atoms with Gasteiger partial charge in [-0.05, 0) is 55.6 Å². The summed E-state index contributed by atoms with van der Waals surface area (Å²) >= 11 is 5.81. The molecular formula is C15H16ClN3O2. The summed E-state index contributed by atoms with van der Waals surface area (Å²) in [6, 6.07) is 5.97. The predicted octanol–water partition coefficient (Wildman–Crippen LogP) is 3.67. The number of carbonyl (C=O) groups excluding carboxylic acids is 1. The molecule has 1 N–H and O–H groups in total. The van der Waals surface area contributed by atoms with Gasteiger partial charge >= 0.3 is 5.97 Å². The smallest absolute Gasteiger partial charge is 0.343 e. The highest BCUT2D eigenvalue weighted by molar-refractivity contribution is 6.28. The lowest BCUT2D eigenvalue weighted by atomic mass is 10.1. The number of carbonyl (C=O) groups is 1. The van der Waals surface area contributed by atoms with Gasteiger partial charge in [0.15, 0.2) is 0 Å². The lowest BCUT2D eigenvalue weighted by Gasteiger charge is -2.11. The van der Waals surface area contributed by atoms with Crippen LogP contribution in [0.1, 0.15) is 28.4 Å². The molecule has 5 nitrogen and oxygen atoms in total. The summed E-state index contributed by atoms with van der Waals surface area (Å²) in [7, 11) is 0. The van der Waals surface area contributed by atoms with E-state index in [0.717, 1.165) is 16.8 Å². The Morgan fingerprint density at radius 1 is 1.29 bits per heavy atom. The first kappa shape index (κ1) is 15.3. The second-order valence-electron chi connectivity index (χ2n) is 4.62. The lowest BCUT2D eigenvalue weighted by molar-refractivity contribution is 0.0526. The van der Waals surface area contributed by atoms with E-state index in [4.69, 9.17) is 16.3 Å². The summed E-state index contributed by atoms with van der Waals surface area (Å²) in [6.45, 7) is 6.02. The van der Waals surface area contributed by atoms with E-state index in [-0.39, 0.29) is 17.5 Å². The molecule has 2 rings (SSSR count). The third-order valence-corrected chi connectivity index (χ3v) is 2.92. The topological polar surface area (TPSA) is 64.1 Å². The molecule has 110 valence electrons. The fourth-order valence-corrected chi connectivity index (χ4v) is 2.13. The van der Waals surface area contributed by atoms with Gasteiger partial charge in [0.05, 0.1) is 6.61 Å². The third-order valence-electron chi connectivity index (χ3n) is 2.74. The first-order chi connectivity index (χ1) is 9.99. The van der Waals surface area contributed by atoms with E-state index >= 15 is 0 Å². The van der Waals surface area contributed by atoms with Crippen LogP contribution < -0.4 is 5.32 Å².